The van der Waals surface area contributed by atoms with Crippen molar-refractivity contribution >= 4 is 17.8 Å². The third-order valence-electron chi connectivity index (χ3n) is 4.45. The number of carboxylic acid groups (broad SMARTS) is 1. The maximum absolute atomic E-state index is 12.0. The van der Waals surface area contributed by atoms with Crippen LogP contribution in [0.3, 0.4) is 0 Å². The number of aliphatic carboxylic acids is 1. The Kier molecular flexibility index (Phi) is 6.75. The molecule has 2 aliphatic rings. The molecule has 0 aromatic carbocycles. The van der Waals surface area contributed by atoms with Gasteiger partial charge in [0.1, 0.15) is 0 Å². The van der Waals surface area contributed by atoms with Gasteiger partial charge in [0.05, 0.1) is 25.2 Å². The zero-order chi connectivity index (χ0) is 18.3. The Hall–Kier alpha value is -2.15. The van der Waals surface area contributed by atoms with Crippen molar-refractivity contribution < 1.29 is 29.0 Å². The first kappa shape index (κ1) is 19.2. The summed E-state index contributed by atoms with van der Waals surface area (Å²) in [6.07, 6.45) is 6.54. The average Bonchev–Trinajstić information content (AvgIpc) is 2.61. The highest BCUT2D eigenvalue weighted by Gasteiger charge is 2.34. The van der Waals surface area contributed by atoms with Crippen LogP contribution in [0.2, 0.25) is 0 Å². The number of carbonyl (C=O) groups excluding carboxylic acids is 2. The summed E-state index contributed by atoms with van der Waals surface area (Å²) >= 11 is 0. The number of carbonyl (C=O) groups is 3. The molecule has 25 heavy (non-hydrogen) atoms. The molecule has 0 saturated carbocycles. The lowest BCUT2D eigenvalue weighted by Gasteiger charge is -2.26. The maximum Gasteiger partial charge on any atom is 0.334 e. The van der Waals surface area contributed by atoms with Crippen molar-refractivity contribution in [1.82, 2.24) is 4.90 Å². The quantitative estimate of drug-likeness (QED) is 0.552. The van der Waals surface area contributed by atoms with Crippen molar-refractivity contribution in [2.75, 3.05) is 32.9 Å². The first-order valence-corrected chi connectivity index (χ1v) is 8.57. The van der Waals surface area contributed by atoms with Gasteiger partial charge in [0.2, 0.25) is 5.91 Å². The molecule has 138 valence electrons. The molecule has 0 bridgehead atoms. The Balaban J connectivity index is 1.65. The summed E-state index contributed by atoms with van der Waals surface area (Å²) in [4.78, 5) is 37.1. The highest BCUT2D eigenvalue weighted by molar-refractivity contribution is 5.91. The highest BCUT2D eigenvalue weighted by atomic mass is 16.5. The zero-order valence-corrected chi connectivity index (χ0v) is 14.5. The summed E-state index contributed by atoms with van der Waals surface area (Å²) in [6, 6.07) is 0. The molecule has 1 atom stereocenters. The van der Waals surface area contributed by atoms with Gasteiger partial charge >= 0.3 is 11.9 Å². The summed E-state index contributed by atoms with van der Waals surface area (Å²) in [5.41, 5.74) is -0.718. The van der Waals surface area contributed by atoms with Gasteiger partial charge in [0, 0.05) is 25.1 Å². The minimum Gasteiger partial charge on any atom is -0.481 e. The lowest BCUT2D eigenvalue weighted by atomic mass is 9.80. The lowest BCUT2D eigenvalue weighted by Crippen LogP contribution is -2.40. The lowest BCUT2D eigenvalue weighted by molar-refractivity contribution is -0.145. The standard InChI is InChI=1S/C18H25NO6/c1-18(17(22)23)7-4-5-14(13-18)16(21)25-10-3-2-6-15(20)19-8-11-24-12-9-19/h4-5,7H,2-3,6,8-13H2,1H3,(H,22,23). The second-order valence-corrected chi connectivity index (χ2v) is 6.54. The number of morpholine rings is 1. The van der Waals surface area contributed by atoms with E-state index in [1.54, 1.807) is 30.1 Å². The van der Waals surface area contributed by atoms with Gasteiger partial charge in [0.25, 0.3) is 0 Å². The van der Waals surface area contributed by atoms with Crippen LogP contribution in [0.15, 0.2) is 23.8 Å². The molecular weight excluding hydrogens is 326 g/mol. The smallest absolute Gasteiger partial charge is 0.334 e. The van der Waals surface area contributed by atoms with E-state index in [1.165, 1.54) is 0 Å². The topological polar surface area (TPSA) is 93.1 Å². The molecule has 1 aliphatic heterocycles. The summed E-state index contributed by atoms with van der Waals surface area (Å²) in [6.45, 7) is 4.24. The average molecular weight is 351 g/mol. The molecule has 1 saturated heterocycles. The number of esters is 1. The van der Waals surface area contributed by atoms with Gasteiger partial charge in [-0.05, 0) is 26.2 Å². The maximum atomic E-state index is 12.0. The number of rotatable bonds is 7. The molecule has 0 radical (unpaired) electrons. The zero-order valence-electron chi connectivity index (χ0n) is 14.5. The van der Waals surface area contributed by atoms with Crippen LogP contribution in [0.25, 0.3) is 0 Å². The van der Waals surface area contributed by atoms with E-state index in [4.69, 9.17) is 9.47 Å². The fourth-order valence-electron chi connectivity index (χ4n) is 2.78. The number of hydrogen-bond donors (Lipinski definition) is 1. The van der Waals surface area contributed by atoms with Gasteiger partial charge in [-0.3, -0.25) is 9.59 Å². The molecule has 0 spiro atoms. The van der Waals surface area contributed by atoms with E-state index in [-0.39, 0.29) is 18.9 Å². The number of hydrogen-bond acceptors (Lipinski definition) is 5. The molecule has 2 rings (SSSR count). The predicted octanol–water partition coefficient (Wildman–Crippen LogP) is 1.54. The first-order chi connectivity index (χ1) is 11.9. The Labute approximate surface area is 147 Å². The van der Waals surface area contributed by atoms with E-state index in [2.05, 4.69) is 0 Å². The summed E-state index contributed by atoms with van der Waals surface area (Å²) in [5.74, 6) is -1.35. The third-order valence-corrected chi connectivity index (χ3v) is 4.45. The Morgan fingerprint density at radius 3 is 2.68 bits per heavy atom. The highest BCUT2D eigenvalue weighted by Crippen LogP contribution is 2.32. The van der Waals surface area contributed by atoms with Gasteiger partial charge in [-0.2, -0.15) is 0 Å². The second kappa shape index (κ2) is 8.80. The normalized spacial score (nSPS) is 23.1. The fourth-order valence-corrected chi connectivity index (χ4v) is 2.78. The van der Waals surface area contributed by atoms with Gasteiger partial charge in [-0.1, -0.05) is 18.2 Å². The molecule has 1 amide bonds. The van der Waals surface area contributed by atoms with Gasteiger partial charge in [-0.25, -0.2) is 4.79 Å². The number of nitrogens with zero attached hydrogens (tertiary/aromatic N) is 1. The molecule has 0 aromatic rings. The van der Waals surface area contributed by atoms with E-state index in [1.807, 2.05) is 0 Å². The molecule has 0 aromatic heterocycles. The van der Waals surface area contributed by atoms with Gasteiger partial charge in [-0.15, -0.1) is 0 Å². The molecule has 1 aliphatic carbocycles. The van der Waals surface area contributed by atoms with Crippen LogP contribution in [0.1, 0.15) is 32.6 Å². The molecule has 1 unspecified atom stereocenters. The fraction of sp³-hybridized carbons (Fsp3) is 0.611. The van der Waals surface area contributed by atoms with E-state index in [0.29, 0.717) is 51.1 Å². The minimum atomic E-state index is -1.08. The van der Waals surface area contributed by atoms with Crippen LogP contribution >= 0.6 is 0 Å². The van der Waals surface area contributed by atoms with Crippen LogP contribution in [0.5, 0.6) is 0 Å². The summed E-state index contributed by atoms with van der Waals surface area (Å²) < 4.78 is 10.4. The number of carboxylic acids is 1. The Morgan fingerprint density at radius 2 is 2.00 bits per heavy atom. The summed E-state index contributed by atoms with van der Waals surface area (Å²) in [7, 11) is 0. The van der Waals surface area contributed by atoms with Crippen molar-refractivity contribution in [3.8, 4) is 0 Å². The third kappa shape index (κ3) is 5.42. The van der Waals surface area contributed by atoms with Crippen molar-refractivity contribution in [3.05, 3.63) is 23.8 Å². The van der Waals surface area contributed by atoms with Crippen LogP contribution in [-0.2, 0) is 23.9 Å². The van der Waals surface area contributed by atoms with Crippen molar-refractivity contribution in [3.63, 3.8) is 0 Å². The first-order valence-electron chi connectivity index (χ1n) is 8.57. The number of amides is 1. The number of ether oxygens (including phenoxy) is 2. The van der Waals surface area contributed by atoms with Crippen molar-refractivity contribution in [2.24, 2.45) is 5.41 Å². The van der Waals surface area contributed by atoms with Crippen LogP contribution in [0.4, 0.5) is 0 Å². The number of allylic oxidation sites excluding steroid dienone is 2. The van der Waals surface area contributed by atoms with Gasteiger partial charge in [0.15, 0.2) is 0 Å². The molecule has 1 fully saturated rings. The SMILES string of the molecule is CC1(C(=O)O)C=CC=C(C(=O)OCCCCC(=O)N2CCOCC2)C1. The monoisotopic (exact) mass is 351 g/mol. The summed E-state index contributed by atoms with van der Waals surface area (Å²) in [5, 5.41) is 9.23. The number of unbranched alkanes of at least 4 members (excludes halogenated alkanes) is 1. The minimum absolute atomic E-state index is 0.104. The van der Waals surface area contributed by atoms with E-state index in [0.717, 1.165) is 0 Å². The Morgan fingerprint density at radius 1 is 1.28 bits per heavy atom. The second-order valence-electron chi connectivity index (χ2n) is 6.54. The molecule has 1 N–H and O–H groups in total. The van der Waals surface area contributed by atoms with Crippen LogP contribution < -0.4 is 0 Å². The van der Waals surface area contributed by atoms with E-state index >= 15 is 0 Å². The van der Waals surface area contributed by atoms with E-state index in [9.17, 15) is 19.5 Å². The molecule has 7 nitrogen and oxygen atoms in total. The van der Waals surface area contributed by atoms with Gasteiger partial charge < -0.3 is 19.5 Å². The Bertz CT molecular complexity index is 576. The largest absolute Gasteiger partial charge is 0.481 e. The van der Waals surface area contributed by atoms with Crippen LogP contribution in [-0.4, -0.2) is 60.8 Å². The van der Waals surface area contributed by atoms with Crippen molar-refractivity contribution in [1.29, 1.82) is 0 Å². The van der Waals surface area contributed by atoms with Crippen molar-refractivity contribution in [2.45, 2.75) is 32.6 Å². The van der Waals surface area contributed by atoms with E-state index < -0.39 is 17.4 Å². The molecular formula is C18H25NO6. The van der Waals surface area contributed by atoms with Crippen LogP contribution in [0, 0.1) is 5.41 Å². The molecule has 7 heteroatoms. The molecule has 1 heterocycles. The predicted molar refractivity (Wildman–Crippen MR) is 89.8 cm³/mol.